The third-order valence-corrected chi connectivity index (χ3v) is 7.14. The molecule has 0 saturated heterocycles. The summed E-state index contributed by atoms with van der Waals surface area (Å²) in [7, 11) is 4.32. The molecule has 0 aliphatic carbocycles. The Kier molecular flexibility index (Phi) is 4.34. The van der Waals surface area contributed by atoms with E-state index in [-0.39, 0.29) is 0 Å². The van der Waals surface area contributed by atoms with Gasteiger partial charge in [-0.25, -0.2) is 0 Å². The van der Waals surface area contributed by atoms with Crippen LogP contribution in [0.1, 0.15) is 11.1 Å². The van der Waals surface area contributed by atoms with E-state index in [1.165, 1.54) is 37.3 Å². The van der Waals surface area contributed by atoms with Crippen molar-refractivity contribution >= 4 is 34.9 Å². The van der Waals surface area contributed by atoms with Crippen LogP contribution in [0.5, 0.6) is 0 Å². The number of aryl methyl sites for hydroxylation is 2. The van der Waals surface area contributed by atoms with E-state index in [0.717, 1.165) is 0 Å². The normalized spacial score (nSPS) is 20.6. The van der Waals surface area contributed by atoms with Gasteiger partial charge in [0.05, 0.1) is 21.8 Å². The van der Waals surface area contributed by atoms with Crippen LogP contribution < -0.4 is 9.80 Å². The summed E-state index contributed by atoms with van der Waals surface area (Å²) in [6.45, 7) is 4.30. The average Bonchev–Trinajstić information content (AvgIpc) is 3.06. The van der Waals surface area contributed by atoms with E-state index < -0.39 is 0 Å². The van der Waals surface area contributed by atoms with Gasteiger partial charge < -0.3 is 9.80 Å². The predicted octanol–water partition coefficient (Wildman–Crippen LogP) is 5.81. The highest BCUT2D eigenvalue weighted by Gasteiger charge is 2.25. The summed E-state index contributed by atoms with van der Waals surface area (Å²) >= 11 is 3.76. The van der Waals surface area contributed by atoms with Gasteiger partial charge in [0.15, 0.2) is 0 Å². The van der Waals surface area contributed by atoms with Gasteiger partial charge in [0.25, 0.3) is 0 Å². The standard InChI is InChI=1S/C21H22N2S2/c1-14-9-11-18-17(12-14)23(4)21(24-18)7-5-6-20-22(3)16-10-8-15(2)13-19(16)25-20/h5-13,20H,1-4H3. The number of thioether (sulfide) groups is 2. The summed E-state index contributed by atoms with van der Waals surface area (Å²) in [4.78, 5) is 7.34. The largest absolute Gasteiger partial charge is 0.358 e. The molecule has 0 radical (unpaired) electrons. The maximum absolute atomic E-state index is 2.35. The Morgan fingerprint density at radius 1 is 0.920 bits per heavy atom. The van der Waals surface area contributed by atoms with Crippen LogP contribution in [-0.2, 0) is 0 Å². The lowest BCUT2D eigenvalue weighted by molar-refractivity contribution is 0.989. The molecule has 128 valence electrons. The minimum atomic E-state index is 0.356. The van der Waals surface area contributed by atoms with Crippen molar-refractivity contribution in [2.24, 2.45) is 0 Å². The molecule has 2 aromatic carbocycles. The molecule has 0 N–H and O–H groups in total. The highest BCUT2D eigenvalue weighted by molar-refractivity contribution is 8.03. The molecular weight excluding hydrogens is 344 g/mol. The monoisotopic (exact) mass is 366 g/mol. The Balaban J connectivity index is 1.50. The van der Waals surface area contributed by atoms with Crippen LogP contribution in [0.15, 0.2) is 69.4 Å². The number of anilines is 2. The number of likely N-dealkylation sites (N-methyl/N-ethyl adjacent to an activating group) is 1. The zero-order valence-electron chi connectivity index (χ0n) is 15.0. The summed E-state index contributed by atoms with van der Waals surface area (Å²) in [6.07, 6.45) is 6.71. The SMILES string of the molecule is Cc1ccc2c(c1)SC(C=CC=C1Sc3ccc(C)cc3N1C)N2C. The summed E-state index contributed by atoms with van der Waals surface area (Å²) in [5, 5.41) is 1.63. The van der Waals surface area contributed by atoms with Gasteiger partial charge in [-0.1, -0.05) is 47.8 Å². The fourth-order valence-electron chi connectivity index (χ4n) is 3.18. The number of rotatable bonds is 2. The highest BCUT2D eigenvalue weighted by atomic mass is 32.2. The quantitative estimate of drug-likeness (QED) is 0.661. The molecule has 1 atom stereocenters. The van der Waals surface area contributed by atoms with E-state index >= 15 is 0 Å². The van der Waals surface area contributed by atoms with Crippen molar-refractivity contribution in [2.75, 3.05) is 23.9 Å². The minimum Gasteiger partial charge on any atom is -0.358 e. The Morgan fingerprint density at radius 3 is 2.52 bits per heavy atom. The predicted molar refractivity (Wildman–Crippen MR) is 112 cm³/mol. The molecule has 0 aromatic heterocycles. The molecular formula is C21H22N2S2. The average molecular weight is 367 g/mol. The van der Waals surface area contributed by atoms with Gasteiger partial charge in [-0.15, -0.1) is 0 Å². The van der Waals surface area contributed by atoms with Gasteiger partial charge in [-0.05, 0) is 55.3 Å². The van der Waals surface area contributed by atoms with Crippen LogP contribution in [0.2, 0.25) is 0 Å². The molecule has 1 unspecified atom stereocenters. The fourth-order valence-corrected chi connectivity index (χ4v) is 5.51. The second kappa shape index (κ2) is 6.50. The zero-order valence-corrected chi connectivity index (χ0v) is 16.6. The fraction of sp³-hybridized carbons (Fsp3) is 0.238. The van der Waals surface area contributed by atoms with Crippen molar-refractivity contribution in [3.63, 3.8) is 0 Å². The number of allylic oxidation sites excluding steroid dienone is 2. The zero-order chi connectivity index (χ0) is 17.6. The molecule has 25 heavy (non-hydrogen) atoms. The Morgan fingerprint density at radius 2 is 1.68 bits per heavy atom. The number of hydrogen-bond acceptors (Lipinski definition) is 4. The Hall–Kier alpha value is -1.78. The summed E-state index contributed by atoms with van der Waals surface area (Å²) < 4.78 is 0. The second-order valence-electron chi connectivity index (χ2n) is 6.61. The molecule has 0 spiro atoms. The first kappa shape index (κ1) is 16.7. The maximum Gasteiger partial charge on any atom is 0.0982 e. The molecule has 4 heteroatoms. The lowest BCUT2D eigenvalue weighted by Crippen LogP contribution is -2.21. The molecule has 2 aliphatic rings. The topological polar surface area (TPSA) is 6.48 Å². The van der Waals surface area contributed by atoms with E-state index in [2.05, 4.69) is 92.4 Å². The number of nitrogens with zero attached hydrogens (tertiary/aromatic N) is 2. The first-order valence-electron chi connectivity index (χ1n) is 8.44. The lowest BCUT2D eigenvalue weighted by atomic mass is 10.2. The van der Waals surface area contributed by atoms with Crippen LogP contribution in [0.3, 0.4) is 0 Å². The lowest BCUT2D eigenvalue weighted by Gasteiger charge is -2.18. The minimum absolute atomic E-state index is 0.356. The van der Waals surface area contributed by atoms with Crippen molar-refractivity contribution < 1.29 is 0 Å². The number of benzene rings is 2. The first-order valence-corrected chi connectivity index (χ1v) is 10.1. The molecule has 2 aromatic rings. The molecule has 2 aliphatic heterocycles. The molecule has 2 heterocycles. The van der Waals surface area contributed by atoms with Gasteiger partial charge >= 0.3 is 0 Å². The molecule has 0 saturated carbocycles. The third-order valence-electron chi connectivity index (χ3n) is 4.66. The molecule has 4 rings (SSSR count). The van der Waals surface area contributed by atoms with Crippen molar-refractivity contribution in [2.45, 2.75) is 29.0 Å². The number of hydrogen-bond donors (Lipinski definition) is 0. The van der Waals surface area contributed by atoms with Crippen LogP contribution in [0, 0.1) is 13.8 Å². The van der Waals surface area contributed by atoms with E-state index in [1.54, 1.807) is 0 Å². The van der Waals surface area contributed by atoms with Crippen LogP contribution in [-0.4, -0.2) is 19.5 Å². The van der Waals surface area contributed by atoms with Gasteiger partial charge in [-0.2, -0.15) is 0 Å². The van der Waals surface area contributed by atoms with Crippen molar-refractivity contribution in [1.29, 1.82) is 0 Å². The smallest absolute Gasteiger partial charge is 0.0982 e. The Bertz CT molecular complexity index is 885. The molecule has 0 fully saturated rings. The van der Waals surface area contributed by atoms with Gasteiger partial charge in [0.2, 0.25) is 0 Å². The van der Waals surface area contributed by atoms with Crippen molar-refractivity contribution in [3.05, 3.63) is 70.8 Å². The van der Waals surface area contributed by atoms with Gasteiger partial charge in [-0.3, -0.25) is 0 Å². The molecule has 2 nitrogen and oxygen atoms in total. The molecule has 0 bridgehead atoms. The van der Waals surface area contributed by atoms with Crippen molar-refractivity contribution in [3.8, 4) is 0 Å². The van der Waals surface area contributed by atoms with E-state index in [9.17, 15) is 0 Å². The van der Waals surface area contributed by atoms with Crippen LogP contribution in [0.4, 0.5) is 11.4 Å². The van der Waals surface area contributed by atoms with E-state index in [4.69, 9.17) is 0 Å². The summed E-state index contributed by atoms with van der Waals surface area (Å²) in [6, 6.07) is 13.4. The van der Waals surface area contributed by atoms with E-state index in [1.807, 2.05) is 23.5 Å². The van der Waals surface area contributed by atoms with Gasteiger partial charge in [0.1, 0.15) is 0 Å². The van der Waals surface area contributed by atoms with Crippen LogP contribution >= 0.6 is 23.5 Å². The summed E-state index contributed by atoms with van der Waals surface area (Å²) in [5.41, 5.74) is 5.26. The second-order valence-corrected chi connectivity index (χ2v) is 8.83. The first-order chi connectivity index (χ1) is 12.0. The Labute approximate surface area is 158 Å². The van der Waals surface area contributed by atoms with Crippen LogP contribution in [0.25, 0.3) is 0 Å². The highest BCUT2D eigenvalue weighted by Crippen LogP contribution is 2.46. The van der Waals surface area contributed by atoms with Gasteiger partial charge in [0, 0.05) is 23.9 Å². The third kappa shape index (κ3) is 3.09. The molecule has 0 amide bonds. The van der Waals surface area contributed by atoms with Crippen molar-refractivity contribution in [1.82, 2.24) is 0 Å². The number of fused-ring (bicyclic) bond motifs is 2. The summed E-state index contributed by atoms with van der Waals surface area (Å²) in [5.74, 6) is 0. The van der Waals surface area contributed by atoms with E-state index in [0.29, 0.717) is 5.37 Å². The maximum atomic E-state index is 2.35.